The van der Waals surface area contributed by atoms with Gasteiger partial charge in [0.25, 0.3) is 5.95 Å². The van der Waals surface area contributed by atoms with Crippen LogP contribution in [0.3, 0.4) is 0 Å². The molecule has 5 nitrogen and oxygen atoms in total. The van der Waals surface area contributed by atoms with Crippen LogP contribution in [0.5, 0.6) is 0 Å². The van der Waals surface area contributed by atoms with Crippen LogP contribution in [-0.2, 0) is 19.4 Å². The summed E-state index contributed by atoms with van der Waals surface area (Å²) in [7, 11) is 0. The first-order valence-corrected chi connectivity index (χ1v) is 7.27. The standard InChI is InChI=1S/C15H23N5/c1-5-13-12(10-18-11(3)4)14(6-2)20(19-13)15-16-8-7-9-17-15/h7-9,11,18H,5-6,10H2,1-4H3. The van der Waals surface area contributed by atoms with Gasteiger partial charge in [0.2, 0.25) is 0 Å². The van der Waals surface area contributed by atoms with Gasteiger partial charge in [-0.05, 0) is 18.9 Å². The van der Waals surface area contributed by atoms with E-state index in [0.717, 1.165) is 25.1 Å². The summed E-state index contributed by atoms with van der Waals surface area (Å²) >= 11 is 0. The van der Waals surface area contributed by atoms with Crippen molar-refractivity contribution in [3.63, 3.8) is 0 Å². The molecule has 2 heterocycles. The van der Waals surface area contributed by atoms with Crippen molar-refractivity contribution in [3.05, 3.63) is 35.4 Å². The zero-order valence-electron chi connectivity index (χ0n) is 12.7. The topological polar surface area (TPSA) is 55.6 Å². The van der Waals surface area contributed by atoms with Crippen molar-refractivity contribution in [1.82, 2.24) is 25.1 Å². The van der Waals surface area contributed by atoms with Crippen LogP contribution in [0.25, 0.3) is 5.95 Å². The average molecular weight is 273 g/mol. The Labute approximate surface area is 120 Å². The van der Waals surface area contributed by atoms with E-state index in [1.54, 1.807) is 12.4 Å². The van der Waals surface area contributed by atoms with Gasteiger partial charge in [-0.3, -0.25) is 0 Å². The van der Waals surface area contributed by atoms with E-state index in [2.05, 4.69) is 43.0 Å². The molecule has 0 aromatic carbocycles. The summed E-state index contributed by atoms with van der Waals surface area (Å²) < 4.78 is 1.89. The van der Waals surface area contributed by atoms with Crippen molar-refractivity contribution in [2.24, 2.45) is 0 Å². The van der Waals surface area contributed by atoms with Gasteiger partial charge in [0.15, 0.2) is 0 Å². The molecule has 0 saturated carbocycles. The quantitative estimate of drug-likeness (QED) is 0.877. The first-order valence-electron chi connectivity index (χ1n) is 7.27. The maximum absolute atomic E-state index is 4.70. The molecule has 0 aliphatic carbocycles. The molecule has 20 heavy (non-hydrogen) atoms. The number of nitrogens with zero attached hydrogens (tertiary/aromatic N) is 4. The maximum atomic E-state index is 4.70. The number of aromatic nitrogens is 4. The van der Waals surface area contributed by atoms with Gasteiger partial charge < -0.3 is 5.32 Å². The van der Waals surface area contributed by atoms with E-state index in [4.69, 9.17) is 5.10 Å². The van der Waals surface area contributed by atoms with Gasteiger partial charge in [-0.15, -0.1) is 0 Å². The summed E-state index contributed by atoms with van der Waals surface area (Å²) in [6.07, 6.45) is 5.34. The van der Waals surface area contributed by atoms with Gasteiger partial charge in [-0.1, -0.05) is 27.7 Å². The SMILES string of the molecule is CCc1nn(-c2ncccn2)c(CC)c1CNC(C)C. The molecule has 1 N–H and O–H groups in total. The van der Waals surface area contributed by atoms with Crippen molar-refractivity contribution in [2.45, 2.75) is 53.1 Å². The lowest BCUT2D eigenvalue weighted by molar-refractivity contribution is 0.583. The van der Waals surface area contributed by atoms with Gasteiger partial charge in [0, 0.05) is 30.5 Å². The summed E-state index contributed by atoms with van der Waals surface area (Å²) in [5, 5.41) is 8.18. The molecule has 5 heteroatoms. The smallest absolute Gasteiger partial charge is 0.250 e. The van der Waals surface area contributed by atoms with Crippen LogP contribution in [0.2, 0.25) is 0 Å². The predicted molar refractivity (Wildman–Crippen MR) is 79.9 cm³/mol. The van der Waals surface area contributed by atoms with Crippen molar-refractivity contribution in [3.8, 4) is 5.95 Å². The summed E-state index contributed by atoms with van der Waals surface area (Å²) in [5.74, 6) is 0.648. The van der Waals surface area contributed by atoms with E-state index in [-0.39, 0.29) is 0 Å². The molecular formula is C15H23N5. The number of rotatable bonds is 6. The van der Waals surface area contributed by atoms with E-state index in [1.807, 2.05) is 10.7 Å². The highest BCUT2D eigenvalue weighted by atomic mass is 15.4. The lowest BCUT2D eigenvalue weighted by Gasteiger charge is -2.10. The number of hydrogen-bond acceptors (Lipinski definition) is 4. The van der Waals surface area contributed by atoms with Crippen LogP contribution < -0.4 is 5.32 Å². The normalized spacial score (nSPS) is 11.2. The minimum atomic E-state index is 0.459. The Kier molecular flexibility index (Phi) is 4.84. The summed E-state index contributed by atoms with van der Waals surface area (Å²) in [5.41, 5.74) is 3.61. The molecule has 0 saturated heterocycles. The molecular weight excluding hydrogens is 250 g/mol. The second-order valence-electron chi connectivity index (χ2n) is 5.08. The number of hydrogen-bond donors (Lipinski definition) is 1. The minimum Gasteiger partial charge on any atom is -0.310 e. The lowest BCUT2D eigenvalue weighted by Crippen LogP contribution is -2.23. The van der Waals surface area contributed by atoms with Crippen LogP contribution in [0.15, 0.2) is 18.5 Å². The summed E-state index contributed by atoms with van der Waals surface area (Å²) in [6, 6.07) is 2.28. The van der Waals surface area contributed by atoms with Crippen LogP contribution in [0, 0.1) is 0 Å². The van der Waals surface area contributed by atoms with Gasteiger partial charge in [0.05, 0.1) is 11.4 Å². The van der Waals surface area contributed by atoms with Crippen molar-refractivity contribution in [2.75, 3.05) is 0 Å². The monoisotopic (exact) mass is 273 g/mol. The third-order valence-electron chi connectivity index (χ3n) is 3.27. The van der Waals surface area contributed by atoms with Gasteiger partial charge in [-0.25, -0.2) is 14.6 Å². The Balaban J connectivity index is 2.43. The first-order chi connectivity index (χ1) is 9.67. The van der Waals surface area contributed by atoms with Crippen LogP contribution in [0.4, 0.5) is 0 Å². The Bertz CT molecular complexity index is 545. The van der Waals surface area contributed by atoms with Crippen LogP contribution in [0.1, 0.15) is 44.6 Å². The molecule has 2 aromatic heterocycles. The molecule has 0 unspecified atom stereocenters. The van der Waals surface area contributed by atoms with E-state index in [1.165, 1.54) is 11.3 Å². The molecule has 2 aromatic rings. The van der Waals surface area contributed by atoms with Crippen molar-refractivity contribution in [1.29, 1.82) is 0 Å². The second-order valence-corrected chi connectivity index (χ2v) is 5.08. The third kappa shape index (κ3) is 3.04. The molecule has 0 amide bonds. The molecule has 0 spiro atoms. The van der Waals surface area contributed by atoms with Crippen molar-refractivity contribution >= 4 is 0 Å². The molecule has 0 aliphatic heterocycles. The number of aryl methyl sites for hydroxylation is 1. The van der Waals surface area contributed by atoms with Crippen LogP contribution in [-0.4, -0.2) is 25.8 Å². The van der Waals surface area contributed by atoms with E-state index >= 15 is 0 Å². The predicted octanol–water partition coefficient (Wildman–Crippen LogP) is 2.29. The highest BCUT2D eigenvalue weighted by Crippen LogP contribution is 2.18. The fourth-order valence-corrected chi connectivity index (χ4v) is 2.26. The lowest BCUT2D eigenvalue weighted by atomic mass is 10.1. The second kappa shape index (κ2) is 6.61. The Morgan fingerprint density at radius 1 is 1.15 bits per heavy atom. The molecule has 0 aliphatic rings. The fraction of sp³-hybridized carbons (Fsp3) is 0.533. The zero-order chi connectivity index (χ0) is 14.5. The largest absolute Gasteiger partial charge is 0.310 e. The molecule has 0 bridgehead atoms. The zero-order valence-corrected chi connectivity index (χ0v) is 12.7. The molecule has 0 radical (unpaired) electrons. The van der Waals surface area contributed by atoms with E-state index in [0.29, 0.717) is 12.0 Å². The molecule has 2 rings (SSSR count). The molecule has 0 fully saturated rings. The van der Waals surface area contributed by atoms with Gasteiger partial charge in [-0.2, -0.15) is 5.10 Å². The van der Waals surface area contributed by atoms with E-state index in [9.17, 15) is 0 Å². The Hall–Kier alpha value is -1.75. The first kappa shape index (κ1) is 14.7. The summed E-state index contributed by atoms with van der Waals surface area (Å²) in [4.78, 5) is 8.62. The molecule has 0 atom stereocenters. The minimum absolute atomic E-state index is 0.459. The Morgan fingerprint density at radius 2 is 1.85 bits per heavy atom. The Morgan fingerprint density at radius 3 is 2.40 bits per heavy atom. The average Bonchev–Trinajstić information content (AvgIpc) is 2.83. The maximum Gasteiger partial charge on any atom is 0.250 e. The van der Waals surface area contributed by atoms with Gasteiger partial charge >= 0.3 is 0 Å². The highest BCUT2D eigenvalue weighted by molar-refractivity contribution is 5.31. The van der Waals surface area contributed by atoms with Gasteiger partial charge in [0.1, 0.15) is 0 Å². The van der Waals surface area contributed by atoms with Crippen molar-refractivity contribution < 1.29 is 0 Å². The number of nitrogens with one attached hydrogen (secondary N) is 1. The summed E-state index contributed by atoms with van der Waals surface area (Å²) in [6.45, 7) is 9.44. The highest BCUT2D eigenvalue weighted by Gasteiger charge is 2.17. The fourth-order valence-electron chi connectivity index (χ4n) is 2.26. The van der Waals surface area contributed by atoms with Crippen LogP contribution >= 0.6 is 0 Å². The molecule has 108 valence electrons. The van der Waals surface area contributed by atoms with E-state index < -0.39 is 0 Å². The third-order valence-corrected chi connectivity index (χ3v) is 3.27.